The van der Waals surface area contributed by atoms with Crippen LogP contribution >= 0.6 is 0 Å². The average Bonchev–Trinajstić information content (AvgIpc) is 2.78. The van der Waals surface area contributed by atoms with Crippen LogP contribution in [0.4, 0.5) is 4.79 Å². The number of esters is 1. The molecule has 2 atom stereocenters. The van der Waals surface area contributed by atoms with Crippen LogP contribution in [0.2, 0.25) is 0 Å². The van der Waals surface area contributed by atoms with Gasteiger partial charge in [0.2, 0.25) is 11.8 Å². The molecule has 0 aliphatic rings. The molecule has 0 bridgehead atoms. The number of amides is 3. The van der Waals surface area contributed by atoms with E-state index in [1.807, 2.05) is 6.92 Å². The van der Waals surface area contributed by atoms with Crippen molar-refractivity contribution < 1.29 is 33.8 Å². The number of alkyl carbamates (subject to hydrolysis) is 1. The maximum Gasteiger partial charge on any atom is 0.408 e. The van der Waals surface area contributed by atoms with Gasteiger partial charge in [0.05, 0.1) is 13.0 Å². The normalized spacial score (nSPS) is 12.7. The lowest BCUT2D eigenvalue weighted by Crippen LogP contribution is -2.52. The number of aromatic hydroxyl groups is 1. The highest BCUT2D eigenvalue weighted by molar-refractivity contribution is 5.92. The maximum atomic E-state index is 13.5. The summed E-state index contributed by atoms with van der Waals surface area (Å²) in [4.78, 5) is 52.3. The molecule has 10 nitrogen and oxygen atoms in total. The van der Waals surface area contributed by atoms with Gasteiger partial charge in [0.25, 0.3) is 0 Å². The molecule has 1 aromatic carbocycles. The summed E-state index contributed by atoms with van der Waals surface area (Å²) >= 11 is 0. The third-order valence-electron chi connectivity index (χ3n) is 5.09. The molecule has 0 radical (unpaired) electrons. The summed E-state index contributed by atoms with van der Waals surface area (Å²) in [5.74, 6) is -1.37. The Morgan fingerprint density at radius 2 is 1.69 bits per heavy atom. The molecular weight excluding hydrogens is 466 g/mol. The predicted molar refractivity (Wildman–Crippen MR) is 135 cm³/mol. The molecule has 0 spiro atoms. The Morgan fingerprint density at radius 3 is 2.25 bits per heavy atom. The molecule has 36 heavy (non-hydrogen) atoms. The van der Waals surface area contributed by atoms with Gasteiger partial charge >= 0.3 is 12.1 Å². The number of phenols is 1. The molecule has 0 aliphatic carbocycles. The van der Waals surface area contributed by atoms with Crippen LogP contribution in [0.1, 0.15) is 78.8 Å². The largest absolute Gasteiger partial charge is 0.508 e. The fraction of sp³-hybridized carbons (Fsp3) is 0.615. The molecule has 0 aromatic heterocycles. The van der Waals surface area contributed by atoms with Crippen molar-refractivity contribution in [1.82, 2.24) is 15.5 Å². The van der Waals surface area contributed by atoms with Gasteiger partial charge in [0, 0.05) is 13.1 Å². The Labute approximate surface area is 213 Å². The number of unbranched alkanes of at least 4 members (excludes halogenated alkanes) is 2. The van der Waals surface area contributed by atoms with Crippen LogP contribution in [-0.2, 0) is 23.9 Å². The van der Waals surface area contributed by atoms with Gasteiger partial charge in [-0.05, 0) is 58.7 Å². The summed E-state index contributed by atoms with van der Waals surface area (Å²) in [6.07, 6.45) is 1.64. The second-order valence-corrected chi connectivity index (χ2v) is 9.45. The molecule has 3 N–H and O–H groups in total. The van der Waals surface area contributed by atoms with Crippen LogP contribution in [0.25, 0.3) is 0 Å². The van der Waals surface area contributed by atoms with E-state index in [-0.39, 0.29) is 31.9 Å². The first kappa shape index (κ1) is 30.7. The molecule has 1 aromatic rings. The zero-order valence-corrected chi connectivity index (χ0v) is 22.3. The van der Waals surface area contributed by atoms with Crippen LogP contribution < -0.4 is 10.6 Å². The van der Waals surface area contributed by atoms with Crippen molar-refractivity contribution >= 4 is 23.9 Å². The van der Waals surface area contributed by atoms with Crippen LogP contribution in [0.3, 0.4) is 0 Å². The molecule has 3 amide bonds. The minimum atomic E-state index is -1.04. The number of phenolic OH excluding ortho intramolecular Hbond substituents is 1. The van der Waals surface area contributed by atoms with Gasteiger partial charge in [-0.25, -0.2) is 4.79 Å². The van der Waals surface area contributed by atoms with E-state index in [1.165, 1.54) is 24.0 Å². The SMILES string of the molecule is CCCCCN(C(=O)C(C)NC(=O)OC(C)(C)C)C(C(=O)NCCC(=O)OCC)c1ccc(O)cc1. The number of hydrogen-bond donors (Lipinski definition) is 3. The number of hydrogen-bond acceptors (Lipinski definition) is 7. The first-order valence-electron chi connectivity index (χ1n) is 12.4. The number of carbonyl (C=O) groups is 4. The minimum absolute atomic E-state index is 0.0116. The Hall–Kier alpha value is -3.30. The molecular formula is C26H41N3O7. The van der Waals surface area contributed by atoms with E-state index < -0.39 is 41.6 Å². The van der Waals surface area contributed by atoms with Crippen molar-refractivity contribution in [2.45, 2.75) is 84.9 Å². The Balaban J connectivity index is 3.21. The third-order valence-corrected chi connectivity index (χ3v) is 5.09. The zero-order valence-electron chi connectivity index (χ0n) is 22.3. The topological polar surface area (TPSA) is 134 Å². The average molecular weight is 508 g/mol. The molecule has 202 valence electrons. The molecule has 0 fully saturated rings. The van der Waals surface area contributed by atoms with Gasteiger partial charge in [-0.15, -0.1) is 0 Å². The van der Waals surface area contributed by atoms with Gasteiger partial charge < -0.3 is 30.1 Å². The predicted octanol–water partition coefficient (Wildman–Crippen LogP) is 3.43. The third kappa shape index (κ3) is 11.0. The number of rotatable bonds is 13. The monoisotopic (exact) mass is 507 g/mol. The number of carbonyl (C=O) groups excluding carboxylic acids is 4. The van der Waals surface area contributed by atoms with Crippen molar-refractivity contribution in [1.29, 1.82) is 0 Å². The Morgan fingerprint density at radius 1 is 1.06 bits per heavy atom. The van der Waals surface area contributed by atoms with Crippen LogP contribution in [0.15, 0.2) is 24.3 Å². The minimum Gasteiger partial charge on any atom is -0.508 e. The second-order valence-electron chi connectivity index (χ2n) is 9.45. The number of benzene rings is 1. The van der Waals surface area contributed by atoms with Gasteiger partial charge in [-0.2, -0.15) is 0 Å². The second kappa shape index (κ2) is 15.0. The summed E-state index contributed by atoms with van der Waals surface area (Å²) in [6.45, 7) is 11.0. The van der Waals surface area contributed by atoms with Gasteiger partial charge in [0.15, 0.2) is 0 Å². The van der Waals surface area contributed by atoms with Crippen LogP contribution in [0, 0.1) is 0 Å². The Bertz CT molecular complexity index is 865. The van der Waals surface area contributed by atoms with Crippen molar-refractivity contribution in [2.24, 2.45) is 0 Å². The lowest BCUT2D eigenvalue weighted by molar-refractivity contribution is -0.144. The lowest BCUT2D eigenvalue weighted by atomic mass is 10.0. The van der Waals surface area contributed by atoms with Crippen molar-refractivity contribution in [3.8, 4) is 5.75 Å². The molecule has 0 aliphatic heterocycles. The van der Waals surface area contributed by atoms with E-state index in [9.17, 15) is 24.3 Å². The summed E-state index contributed by atoms with van der Waals surface area (Å²) in [5, 5.41) is 15.0. The van der Waals surface area contributed by atoms with Crippen LogP contribution in [-0.4, -0.2) is 65.2 Å². The Kier molecular flexibility index (Phi) is 12.8. The number of nitrogens with one attached hydrogen (secondary N) is 2. The molecule has 10 heteroatoms. The van der Waals surface area contributed by atoms with E-state index >= 15 is 0 Å². The first-order valence-corrected chi connectivity index (χ1v) is 12.4. The van der Waals surface area contributed by atoms with E-state index in [2.05, 4.69) is 10.6 Å². The standard InChI is InChI=1S/C26H41N3O7/c1-7-9-10-17-29(24(33)18(3)28-25(34)36-26(4,5)6)22(19-11-13-20(30)14-12-19)23(32)27-16-15-21(31)35-8-2/h11-14,18,22,30H,7-10,15-17H2,1-6H3,(H,27,32)(H,28,34). The maximum absolute atomic E-state index is 13.5. The lowest BCUT2D eigenvalue weighted by Gasteiger charge is -2.33. The summed E-state index contributed by atoms with van der Waals surface area (Å²) < 4.78 is 10.2. The van der Waals surface area contributed by atoms with Gasteiger partial charge in [-0.3, -0.25) is 14.4 Å². The van der Waals surface area contributed by atoms with Gasteiger partial charge in [-0.1, -0.05) is 31.9 Å². The number of nitrogens with zero attached hydrogens (tertiary/aromatic N) is 1. The van der Waals surface area contributed by atoms with Crippen LogP contribution in [0.5, 0.6) is 5.75 Å². The summed E-state index contributed by atoms with van der Waals surface area (Å²) in [5.41, 5.74) is -0.253. The molecule has 0 heterocycles. The highest BCUT2D eigenvalue weighted by Crippen LogP contribution is 2.25. The van der Waals surface area contributed by atoms with Crippen molar-refractivity contribution in [2.75, 3.05) is 19.7 Å². The smallest absolute Gasteiger partial charge is 0.408 e. The van der Waals surface area contributed by atoms with E-state index in [0.717, 1.165) is 12.8 Å². The first-order chi connectivity index (χ1) is 16.9. The van der Waals surface area contributed by atoms with E-state index in [1.54, 1.807) is 39.8 Å². The van der Waals surface area contributed by atoms with Crippen molar-refractivity contribution in [3.05, 3.63) is 29.8 Å². The van der Waals surface area contributed by atoms with Gasteiger partial charge in [0.1, 0.15) is 23.4 Å². The summed E-state index contributed by atoms with van der Waals surface area (Å²) in [6, 6.07) is 4.00. The van der Waals surface area contributed by atoms with Crippen molar-refractivity contribution in [3.63, 3.8) is 0 Å². The van der Waals surface area contributed by atoms with E-state index in [0.29, 0.717) is 12.0 Å². The molecule has 0 saturated carbocycles. The highest BCUT2D eigenvalue weighted by atomic mass is 16.6. The summed E-state index contributed by atoms with van der Waals surface area (Å²) in [7, 11) is 0. The fourth-order valence-electron chi connectivity index (χ4n) is 3.44. The molecule has 1 rings (SSSR count). The zero-order chi connectivity index (χ0) is 27.3. The van der Waals surface area contributed by atoms with E-state index in [4.69, 9.17) is 9.47 Å². The quantitative estimate of drug-likeness (QED) is 0.275. The fourth-order valence-corrected chi connectivity index (χ4v) is 3.44. The molecule has 0 saturated heterocycles. The highest BCUT2D eigenvalue weighted by Gasteiger charge is 2.34. The molecule has 2 unspecified atom stereocenters. The number of ether oxygens (including phenoxy) is 2.